The van der Waals surface area contributed by atoms with Gasteiger partial charge < -0.3 is 10.1 Å². The molecule has 1 amide bonds. The van der Waals surface area contributed by atoms with Crippen molar-refractivity contribution in [2.24, 2.45) is 5.41 Å². The lowest BCUT2D eigenvalue weighted by atomic mass is 10.0. The van der Waals surface area contributed by atoms with Crippen molar-refractivity contribution in [3.8, 4) is 5.75 Å². The van der Waals surface area contributed by atoms with Gasteiger partial charge in [-0.05, 0) is 57.0 Å². The molecule has 24 heavy (non-hydrogen) atoms. The lowest BCUT2D eigenvalue weighted by Gasteiger charge is -2.29. The molecule has 1 aromatic carbocycles. The molecule has 2 aliphatic rings. The van der Waals surface area contributed by atoms with Gasteiger partial charge >= 0.3 is 0 Å². The molecule has 1 N–H and O–H groups in total. The van der Waals surface area contributed by atoms with Crippen molar-refractivity contribution in [2.75, 3.05) is 26.7 Å². The lowest BCUT2D eigenvalue weighted by molar-refractivity contribution is -0.126. The molecule has 132 valence electrons. The summed E-state index contributed by atoms with van der Waals surface area (Å²) in [6.07, 6.45) is 2.90. The molecule has 0 radical (unpaired) electrons. The maximum absolute atomic E-state index is 12.5. The molecule has 2 fully saturated rings. The summed E-state index contributed by atoms with van der Waals surface area (Å²) in [7, 11) is 1.66. The maximum atomic E-state index is 12.5. The van der Waals surface area contributed by atoms with E-state index in [4.69, 9.17) is 27.9 Å². The van der Waals surface area contributed by atoms with Gasteiger partial charge in [0.1, 0.15) is 10.1 Å². The molecule has 0 unspecified atom stereocenters. The maximum Gasteiger partial charge on any atom is 0.229 e. The first kappa shape index (κ1) is 17.8. The molecule has 0 aromatic heterocycles. The number of likely N-dealkylation sites (tertiary alicyclic amines) is 1. The number of ether oxygens (including phenoxy) is 1. The Kier molecular flexibility index (Phi) is 5.01. The molecule has 0 spiro atoms. The van der Waals surface area contributed by atoms with Crippen molar-refractivity contribution in [3.05, 3.63) is 29.8 Å². The van der Waals surface area contributed by atoms with Gasteiger partial charge in [0.2, 0.25) is 5.91 Å². The van der Waals surface area contributed by atoms with Crippen LogP contribution in [0.1, 0.15) is 37.8 Å². The number of halogens is 2. The number of alkyl halides is 2. The number of carbonyl (C=O) groups is 1. The highest BCUT2D eigenvalue weighted by Crippen LogP contribution is 2.63. The van der Waals surface area contributed by atoms with Crippen LogP contribution in [-0.4, -0.2) is 41.9 Å². The highest BCUT2D eigenvalue weighted by atomic mass is 35.5. The van der Waals surface area contributed by atoms with E-state index in [2.05, 4.69) is 22.3 Å². The SMILES string of the molecule is COc1ccc([C@@H](CNC(=O)[C@@]2(C)CC2(Cl)Cl)N2CCCC2)cc1. The summed E-state index contributed by atoms with van der Waals surface area (Å²) in [6, 6.07) is 8.22. The van der Waals surface area contributed by atoms with Crippen LogP contribution in [0.4, 0.5) is 0 Å². The van der Waals surface area contributed by atoms with Gasteiger partial charge in [-0.1, -0.05) is 12.1 Å². The van der Waals surface area contributed by atoms with Crippen molar-refractivity contribution >= 4 is 29.1 Å². The monoisotopic (exact) mass is 370 g/mol. The summed E-state index contributed by atoms with van der Waals surface area (Å²) in [4.78, 5) is 14.9. The van der Waals surface area contributed by atoms with Gasteiger partial charge in [0.25, 0.3) is 0 Å². The van der Waals surface area contributed by atoms with Gasteiger partial charge in [0, 0.05) is 6.54 Å². The predicted octanol–water partition coefficient (Wildman–Crippen LogP) is 3.53. The zero-order chi connectivity index (χ0) is 17.4. The third-order valence-electron chi connectivity index (χ3n) is 5.30. The Hall–Kier alpha value is -0.970. The fourth-order valence-electron chi connectivity index (χ4n) is 3.37. The number of amides is 1. The quantitative estimate of drug-likeness (QED) is 0.778. The average Bonchev–Trinajstić information content (AvgIpc) is 2.95. The van der Waals surface area contributed by atoms with Crippen LogP contribution in [-0.2, 0) is 4.79 Å². The van der Waals surface area contributed by atoms with Gasteiger partial charge in [0.15, 0.2) is 0 Å². The number of nitrogens with zero attached hydrogens (tertiary/aromatic N) is 1. The molecule has 1 saturated heterocycles. The normalized spacial score (nSPS) is 26.8. The highest BCUT2D eigenvalue weighted by molar-refractivity contribution is 6.53. The predicted molar refractivity (Wildman–Crippen MR) is 96.7 cm³/mol. The van der Waals surface area contributed by atoms with Crippen LogP contribution in [0, 0.1) is 5.41 Å². The molecule has 0 bridgehead atoms. The van der Waals surface area contributed by atoms with E-state index in [1.54, 1.807) is 7.11 Å². The number of carbonyl (C=O) groups excluding carboxylic acids is 1. The van der Waals surface area contributed by atoms with Crippen LogP contribution in [0.15, 0.2) is 24.3 Å². The molecule has 1 aliphatic carbocycles. The summed E-state index contributed by atoms with van der Waals surface area (Å²) in [5.74, 6) is 0.771. The second-order valence-electron chi connectivity index (χ2n) is 6.96. The van der Waals surface area contributed by atoms with E-state index in [9.17, 15) is 4.79 Å². The second-order valence-corrected chi connectivity index (χ2v) is 8.44. The standard InChI is InChI=1S/C18H24Cl2N2O2/c1-17(12-18(17,19)20)16(23)21-11-15(22-9-3-4-10-22)13-5-7-14(24-2)8-6-13/h5-8,15H,3-4,9-12H2,1-2H3,(H,21,23)/t15-,17-/m1/s1. The number of hydrogen-bond donors (Lipinski definition) is 1. The molecule has 1 aliphatic heterocycles. The smallest absolute Gasteiger partial charge is 0.229 e. The molecule has 6 heteroatoms. The van der Waals surface area contributed by atoms with Crippen LogP contribution >= 0.6 is 23.2 Å². The molecular weight excluding hydrogens is 347 g/mol. The summed E-state index contributed by atoms with van der Waals surface area (Å²) >= 11 is 12.2. The minimum absolute atomic E-state index is 0.0646. The first-order valence-corrected chi connectivity index (χ1v) is 9.17. The molecular formula is C18H24Cl2N2O2. The Bertz CT molecular complexity index is 600. The van der Waals surface area contributed by atoms with E-state index in [0.717, 1.165) is 18.8 Å². The first-order valence-electron chi connectivity index (χ1n) is 8.41. The van der Waals surface area contributed by atoms with E-state index in [1.165, 1.54) is 18.4 Å². The number of rotatable bonds is 6. The Morgan fingerprint density at radius 1 is 1.29 bits per heavy atom. The minimum Gasteiger partial charge on any atom is -0.497 e. The van der Waals surface area contributed by atoms with Crippen molar-refractivity contribution in [2.45, 2.75) is 36.6 Å². The summed E-state index contributed by atoms with van der Waals surface area (Å²) in [6.45, 7) is 4.49. The van der Waals surface area contributed by atoms with Crippen molar-refractivity contribution in [1.82, 2.24) is 10.2 Å². The van der Waals surface area contributed by atoms with Crippen molar-refractivity contribution < 1.29 is 9.53 Å². The van der Waals surface area contributed by atoms with E-state index in [0.29, 0.717) is 13.0 Å². The zero-order valence-electron chi connectivity index (χ0n) is 14.1. The van der Waals surface area contributed by atoms with Crippen LogP contribution in [0.25, 0.3) is 0 Å². The molecule has 1 saturated carbocycles. The largest absolute Gasteiger partial charge is 0.497 e. The summed E-state index contributed by atoms with van der Waals surface area (Å²) in [5.41, 5.74) is 0.507. The first-order chi connectivity index (χ1) is 11.4. The fraction of sp³-hybridized carbons (Fsp3) is 0.611. The van der Waals surface area contributed by atoms with E-state index in [1.807, 2.05) is 19.1 Å². The molecule has 1 heterocycles. The number of hydrogen-bond acceptors (Lipinski definition) is 3. The van der Waals surface area contributed by atoms with Crippen molar-refractivity contribution in [3.63, 3.8) is 0 Å². The van der Waals surface area contributed by atoms with Gasteiger partial charge in [-0.2, -0.15) is 0 Å². The van der Waals surface area contributed by atoms with E-state index < -0.39 is 9.75 Å². The van der Waals surface area contributed by atoms with Crippen LogP contribution < -0.4 is 10.1 Å². The number of methoxy groups -OCH3 is 1. The molecule has 3 rings (SSSR count). The Morgan fingerprint density at radius 2 is 1.88 bits per heavy atom. The van der Waals surface area contributed by atoms with Crippen LogP contribution in [0.2, 0.25) is 0 Å². The zero-order valence-corrected chi connectivity index (χ0v) is 15.7. The lowest BCUT2D eigenvalue weighted by Crippen LogP contribution is -2.40. The Labute approximate surface area is 153 Å². The van der Waals surface area contributed by atoms with E-state index >= 15 is 0 Å². The van der Waals surface area contributed by atoms with Crippen LogP contribution in [0.5, 0.6) is 5.75 Å². The highest BCUT2D eigenvalue weighted by Gasteiger charge is 2.67. The third-order valence-corrected chi connectivity index (χ3v) is 6.40. The minimum atomic E-state index is -0.930. The van der Waals surface area contributed by atoms with Gasteiger partial charge in [-0.25, -0.2) is 0 Å². The number of nitrogens with one attached hydrogen (secondary N) is 1. The van der Waals surface area contributed by atoms with E-state index in [-0.39, 0.29) is 11.9 Å². The summed E-state index contributed by atoms with van der Waals surface area (Å²) < 4.78 is 4.31. The fourth-order valence-corrected chi connectivity index (χ4v) is 4.07. The molecule has 1 aromatic rings. The molecule has 4 nitrogen and oxygen atoms in total. The molecule has 2 atom stereocenters. The Balaban J connectivity index is 1.69. The van der Waals surface area contributed by atoms with Gasteiger partial charge in [-0.15, -0.1) is 23.2 Å². The topological polar surface area (TPSA) is 41.6 Å². The number of benzene rings is 1. The third kappa shape index (κ3) is 3.37. The van der Waals surface area contributed by atoms with Crippen molar-refractivity contribution in [1.29, 1.82) is 0 Å². The second kappa shape index (κ2) is 6.74. The Morgan fingerprint density at radius 3 is 2.38 bits per heavy atom. The van der Waals surface area contributed by atoms with Crippen LogP contribution in [0.3, 0.4) is 0 Å². The van der Waals surface area contributed by atoms with Gasteiger partial charge in [0.05, 0.1) is 18.6 Å². The summed E-state index contributed by atoms with van der Waals surface area (Å²) in [5, 5.41) is 3.06. The average molecular weight is 371 g/mol. The van der Waals surface area contributed by atoms with Gasteiger partial charge in [-0.3, -0.25) is 9.69 Å².